The Morgan fingerprint density at radius 2 is 1.86 bits per heavy atom. The van der Waals surface area contributed by atoms with Crippen LogP contribution in [0.1, 0.15) is 39.7 Å². The van der Waals surface area contributed by atoms with Crippen molar-refractivity contribution >= 4 is 5.91 Å². The lowest BCUT2D eigenvalue weighted by molar-refractivity contribution is -0.125. The van der Waals surface area contributed by atoms with Gasteiger partial charge in [0.15, 0.2) is 0 Å². The molecule has 0 heterocycles. The lowest BCUT2D eigenvalue weighted by Crippen LogP contribution is -2.38. The molecule has 4 nitrogen and oxygen atoms in total. The third-order valence-electron chi connectivity index (χ3n) is 3.74. The van der Waals surface area contributed by atoms with Gasteiger partial charge in [-0.2, -0.15) is 0 Å². The number of carbonyl (C=O) groups excluding carboxylic acids is 1. The molecule has 0 aromatic heterocycles. The van der Waals surface area contributed by atoms with Crippen molar-refractivity contribution in [2.45, 2.75) is 46.6 Å². The Morgan fingerprint density at radius 1 is 1.27 bits per heavy atom. The normalized spacial score (nSPS) is 14.3. The average Bonchev–Trinajstić information content (AvgIpc) is 2.44. The minimum atomic E-state index is -0.358. The molecule has 0 radical (unpaired) electrons. The van der Waals surface area contributed by atoms with Gasteiger partial charge in [0.05, 0.1) is 13.2 Å². The number of rotatable bonds is 8. The predicted octanol–water partition coefficient (Wildman–Crippen LogP) is 2.79. The highest BCUT2D eigenvalue weighted by atomic mass is 16.5. The molecule has 0 aliphatic heterocycles. The molecule has 2 N–H and O–H groups in total. The molecule has 1 aromatic carbocycles. The second-order valence-corrected chi connectivity index (χ2v) is 6.89. The average molecular weight is 307 g/mol. The number of amides is 1. The van der Waals surface area contributed by atoms with Crippen LogP contribution in [0.4, 0.5) is 0 Å². The Morgan fingerprint density at radius 3 is 2.36 bits per heavy atom. The number of carbonyl (C=O) groups is 1. The molecule has 0 bridgehead atoms. The molecule has 4 heteroatoms. The van der Waals surface area contributed by atoms with Crippen LogP contribution in [-0.4, -0.2) is 30.8 Å². The molecular formula is C18H29NO3. The third kappa shape index (κ3) is 6.48. The highest BCUT2D eigenvalue weighted by Crippen LogP contribution is 2.21. The zero-order chi connectivity index (χ0) is 16.8. The Bertz CT molecular complexity index is 466. The molecular weight excluding hydrogens is 278 g/mol. The molecule has 1 amide bonds. The van der Waals surface area contributed by atoms with Crippen molar-refractivity contribution in [3.8, 4) is 5.75 Å². The minimum absolute atomic E-state index is 0.0504. The summed E-state index contributed by atoms with van der Waals surface area (Å²) in [5, 5.41) is 12.5. The molecule has 2 atom stereocenters. The topological polar surface area (TPSA) is 58.6 Å². The molecule has 124 valence electrons. The smallest absolute Gasteiger partial charge is 0.223 e. The molecule has 1 rings (SSSR count). The van der Waals surface area contributed by atoms with E-state index in [1.165, 1.54) is 0 Å². The highest BCUT2D eigenvalue weighted by molar-refractivity contribution is 5.78. The summed E-state index contributed by atoms with van der Waals surface area (Å²) < 4.78 is 5.13. The molecule has 0 saturated heterocycles. The van der Waals surface area contributed by atoms with Crippen molar-refractivity contribution in [2.24, 2.45) is 11.3 Å². The van der Waals surface area contributed by atoms with Crippen LogP contribution >= 0.6 is 0 Å². The summed E-state index contributed by atoms with van der Waals surface area (Å²) in [4.78, 5) is 12.2. The molecule has 0 fully saturated rings. The molecule has 1 aromatic rings. The maximum Gasteiger partial charge on any atom is 0.223 e. The number of nitrogens with one attached hydrogen (secondary N) is 1. The van der Waals surface area contributed by atoms with Gasteiger partial charge in [-0.1, -0.05) is 32.9 Å². The van der Waals surface area contributed by atoms with Gasteiger partial charge in [0.25, 0.3) is 0 Å². The Balaban J connectivity index is 2.47. The van der Waals surface area contributed by atoms with E-state index >= 15 is 0 Å². The van der Waals surface area contributed by atoms with E-state index in [2.05, 4.69) is 5.32 Å². The van der Waals surface area contributed by atoms with Crippen molar-refractivity contribution in [3.05, 3.63) is 29.8 Å². The molecule has 22 heavy (non-hydrogen) atoms. The molecule has 0 spiro atoms. The number of hydrogen-bond acceptors (Lipinski definition) is 3. The largest absolute Gasteiger partial charge is 0.497 e. The van der Waals surface area contributed by atoms with Crippen LogP contribution < -0.4 is 10.1 Å². The molecule has 0 aliphatic carbocycles. The number of ether oxygens (including phenoxy) is 1. The second-order valence-electron chi connectivity index (χ2n) is 6.89. The van der Waals surface area contributed by atoms with E-state index in [-0.39, 0.29) is 23.3 Å². The van der Waals surface area contributed by atoms with Crippen LogP contribution in [-0.2, 0) is 11.2 Å². The highest BCUT2D eigenvalue weighted by Gasteiger charge is 2.22. The van der Waals surface area contributed by atoms with Crippen LogP contribution in [0, 0.1) is 11.3 Å². The Hall–Kier alpha value is -1.55. The van der Waals surface area contributed by atoms with Crippen LogP contribution in [0.5, 0.6) is 5.75 Å². The van der Waals surface area contributed by atoms with Gasteiger partial charge in [0.2, 0.25) is 5.91 Å². The van der Waals surface area contributed by atoms with E-state index in [9.17, 15) is 9.90 Å². The monoisotopic (exact) mass is 307 g/mol. The SMILES string of the molecule is COc1ccc(CC(C)C(=O)NCC(C)(C)CC(C)O)cc1. The number of methoxy groups -OCH3 is 1. The van der Waals surface area contributed by atoms with E-state index in [4.69, 9.17) is 4.74 Å². The van der Waals surface area contributed by atoms with Crippen molar-refractivity contribution in [3.63, 3.8) is 0 Å². The first-order valence-electron chi connectivity index (χ1n) is 7.82. The first-order valence-corrected chi connectivity index (χ1v) is 7.82. The minimum Gasteiger partial charge on any atom is -0.497 e. The fourth-order valence-electron chi connectivity index (χ4n) is 2.58. The second kappa shape index (κ2) is 8.18. The number of benzene rings is 1. The van der Waals surface area contributed by atoms with Crippen molar-refractivity contribution in [1.29, 1.82) is 0 Å². The summed E-state index contributed by atoms with van der Waals surface area (Å²) in [6, 6.07) is 7.79. The predicted molar refractivity (Wildman–Crippen MR) is 89.0 cm³/mol. The van der Waals surface area contributed by atoms with Crippen LogP contribution in [0.2, 0.25) is 0 Å². The first-order chi connectivity index (χ1) is 10.2. The Labute approximate surface area is 133 Å². The third-order valence-corrected chi connectivity index (χ3v) is 3.74. The van der Waals surface area contributed by atoms with Crippen molar-refractivity contribution in [2.75, 3.05) is 13.7 Å². The lowest BCUT2D eigenvalue weighted by atomic mass is 9.86. The van der Waals surface area contributed by atoms with Gasteiger partial charge < -0.3 is 15.2 Å². The summed E-state index contributed by atoms with van der Waals surface area (Å²) in [5.74, 6) is 0.783. The zero-order valence-corrected chi connectivity index (χ0v) is 14.3. The first kappa shape index (κ1) is 18.5. The van der Waals surface area contributed by atoms with Crippen molar-refractivity contribution in [1.82, 2.24) is 5.32 Å². The van der Waals surface area contributed by atoms with Crippen LogP contribution in [0.3, 0.4) is 0 Å². The van der Waals surface area contributed by atoms with Gasteiger partial charge in [0, 0.05) is 12.5 Å². The fraction of sp³-hybridized carbons (Fsp3) is 0.611. The molecule has 2 unspecified atom stereocenters. The maximum atomic E-state index is 12.2. The number of aliphatic hydroxyl groups is 1. The standard InChI is InChI=1S/C18H29NO3/c1-13(10-15-6-8-16(22-5)9-7-15)17(21)19-12-18(3,4)11-14(2)20/h6-9,13-14,20H,10-12H2,1-5H3,(H,19,21). The van der Waals surface area contributed by atoms with Gasteiger partial charge in [-0.3, -0.25) is 4.79 Å². The van der Waals surface area contributed by atoms with Gasteiger partial charge in [-0.15, -0.1) is 0 Å². The summed E-state index contributed by atoms with van der Waals surface area (Å²) in [5.41, 5.74) is 1.01. The Kier molecular flexibility index (Phi) is 6.88. The quantitative estimate of drug-likeness (QED) is 0.776. The van der Waals surface area contributed by atoms with Crippen LogP contribution in [0.15, 0.2) is 24.3 Å². The lowest BCUT2D eigenvalue weighted by Gasteiger charge is -2.27. The fourth-order valence-corrected chi connectivity index (χ4v) is 2.58. The summed E-state index contributed by atoms with van der Waals surface area (Å²) >= 11 is 0. The van der Waals surface area contributed by atoms with E-state index in [1.54, 1.807) is 14.0 Å². The number of aliphatic hydroxyl groups excluding tert-OH is 1. The summed E-state index contributed by atoms with van der Waals surface area (Å²) in [6.45, 7) is 8.38. The van der Waals surface area contributed by atoms with E-state index < -0.39 is 0 Å². The van der Waals surface area contributed by atoms with Crippen molar-refractivity contribution < 1.29 is 14.6 Å². The maximum absolute atomic E-state index is 12.2. The van der Waals surface area contributed by atoms with Gasteiger partial charge in [-0.25, -0.2) is 0 Å². The molecule has 0 saturated carbocycles. The number of hydrogen-bond donors (Lipinski definition) is 2. The zero-order valence-electron chi connectivity index (χ0n) is 14.3. The summed E-state index contributed by atoms with van der Waals surface area (Å²) in [6.07, 6.45) is 1.01. The van der Waals surface area contributed by atoms with Gasteiger partial charge in [-0.05, 0) is 42.9 Å². The van der Waals surface area contributed by atoms with E-state index in [0.717, 1.165) is 11.3 Å². The van der Waals surface area contributed by atoms with E-state index in [0.29, 0.717) is 19.4 Å². The molecule has 0 aliphatic rings. The van der Waals surface area contributed by atoms with E-state index in [1.807, 2.05) is 45.0 Å². The van der Waals surface area contributed by atoms with Crippen LogP contribution in [0.25, 0.3) is 0 Å². The van der Waals surface area contributed by atoms with Gasteiger partial charge in [0.1, 0.15) is 5.75 Å². The van der Waals surface area contributed by atoms with Gasteiger partial charge >= 0.3 is 0 Å². The summed E-state index contributed by atoms with van der Waals surface area (Å²) in [7, 11) is 1.64.